The van der Waals surface area contributed by atoms with Crippen molar-refractivity contribution in [3.05, 3.63) is 48.0 Å². The van der Waals surface area contributed by atoms with E-state index in [1.165, 1.54) is 12.1 Å². The van der Waals surface area contributed by atoms with E-state index in [1.54, 1.807) is 7.11 Å². The second-order valence-electron chi connectivity index (χ2n) is 7.69. The molecular weight excluding hydrogens is 363 g/mol. The van der Waals surface area contributed by atoms with Crippen molar-refractivity contribution in [3.8, 4) is 17.2 Å². The number of halogens is 1. The second-order valence-corrected chi connectivity index (χ2v) is 7.69. The average molecular weight is 388 g/mol. The van der Waals surface area contributed by atoms with Gasteiger partial charge in [0.25, 0.3) is 5.95 Å². The summed E-state index contributed by atoms with van der Waals surface area (Å²) in [5.74, 6) is 1.30. The van der Waals surface area contributed by atoms with Crippen LogP contribution in [0.15, 0.2) is 36.4 Å². The second kappa shape index (κ2) is 7.93. The van der Waals surface area contributed by atoms with Crippen LogP contribution in [0, 0.1) is 17.8 Å². The van der Waals surface area contributed by atoms with Gasteiger partial charge >= 0.3 is 0 Å². The third-order valence-electron chi connectivity index (χ3n) is 5.77. The number of fused-ring (bicyclic) bond motifs is 1. The molecule has 1 saturated heterocycles. The third-order valence-corrected chi connectivity index (χ3v) is 5.77. The molecule has 1 aliphatic heterocycles. The Morgan fingerprint density at radius 1 is 1.11 bits per heavy atom. The number of pyridine rings is 1. The number of aliphatic hydroxyl groups excluding tert-OH is 1. The van der Waals surface area contributed by atoms with Crippen molar-refractivity contribution in [1.82, 2.24) is 9.88 Å². The van der Waals surface area contributed by atoms with Gasteiger partial charge in [0.1, 0.15) is 17.6 Å². The van der Waals surface area contributed by atoms with Crippen LogP contribution in [0.1, 0.15) is 24.6 Å². The van der Waals surface area contributed by atoms with E-state index in [4.69, 9.17) is 9.47 Å². The number of ether oxygens (including phenoxy) is 2. The van der Waals surface area contributed by atoms with E-state index >= 15 is 0 Å². The van der Waals surface area contributed by atoms with Gasteiger partial charge < -0.3 is 19.7 Å². The summed E-state index contributed by atoms with van der Waals surface area (Å²) in [4.78, 5) is 5.84. The molecule has 1 aromatic carbocycles. The molecular formula is C21H25FN2O4. The number of aliphatic hydroxyl groups is 1. The van der Waals surface area contributed by atoms with Gasteiger partial charge in [-0.25, -0.2) is 4.98 Å². The zero-order chi connectivity index (χ0) is 19.7. The Kier molecular flexibility index (Phi) is 5.37. The van der Waals surface area contributed by atoms with Gasteiger partial charge in [-0.1, -0.05) is 0 Å². The molecule has 2 aromatic rings. The van der Waals surface area contributed by atoms with Crippen LogP contribution >= 0.6 is 0 Å². The van der Waals surface area contributed by atoms with Gasteiger partial charge in [0.15, 0.2) is 5.75 Å². The molecule has 2 fully saturated rings. The minimum Gasteiger partial charge on any atom is -0.504 e. The summed E-state index contributed by atoms with van der Waals surface area (Å²) in [6.45, 7) is 2.20. The first-order valence-electron chi connectivity index (χ1n) is 9.58. The highest BCUT2D eigenvalue weighted by Crippen LogP contribution is 2.40. The van der Waals surface area contributed by atoms with Crippen molar-refractivity contribution in [2.45, 2.75) is 25.0 Å². The minimum atomic E-state index is -0.951. The topological polar surface area (TPSA) is 75.1 Å². The fourth-order valence-corrected chi connectivity index (χ4v) is 4.40. The molecule has 1 aromatic heterocycles. The van der Waals surface area contributed by atoms with Gasteiger partial charge in [0.05, 0.1) is 18.9 Å². The third kappa shape index (κ3) is 4.05. The molecule has 2 aliphatic rings. The molecule has 0 spiro atoms. The van der Waals surface area contributed by atoms with Gasteiger partial charge in [-0.15, -0.1) is 0 Å². The summed E-state index contributed by atoms with van der Waals surface area (Å²) in [6.07, 6.45) is 1.33. The summed E-state index contributed by atoms with van der Waals surface area (Å²) >= 11 is 0. The highest BCUT2D eigenvalue weighted by molar-refractivity contribution is 5.31. The number of methoxy groups -OCH3 is 1. The van der Waals surface area contributed by atoms with Crippen molar-refractivity contribution in [2.75, 3.05) is 26.7 Å². The molecule has 4 atom stereocenters. The lowest BCUT2D eigenvalue weighted by molar-refractivity contribution is 0.112. The summed E-state index contributed by atoms with van der Waals surface area (Å²) in [7, 11) is 1.64. The number of likely N-dealkylation sites (tertiary alicyclic amines) is 1. The van der Waals surface area contributed by atoms with Crippen LogP contribution in [0.4, 0.5) is 4.39 Å². The molecule has 1 unspecified atom stereocenters. The lowest BCUT2D eigenvalue weighted by Crippen LogP contribution is -2.29. The number of nitrogens with zero attached hydrogens (tertiary/aromatic N) is 2. The van der Waals surface area contributed by atoms with E-state index in [2.05, 4.69) is 9.88 Å². The van der Waals surface area contributed by atoms with Crippen LogP contribution in [0.5, 0.6) is 17.2 Å². The Balaban J connectivity index is 1.28. The average Bonchev–Trinajstić information content (AvgIpc) is 3.22. The fourth-order valence-electron chi connectivity index (χ4n) is 4.40. The Hall–Kier alpha value is -2.38. The zero-order valence-corrected chi connectivity index (χ0v) is 15.8. The molecule has 1 aliphatic carbocycles. The molecule has 2 heterocycles. The van der Waals surface area contributed by atoms with Crippen molar-refractivity contribution in [3.63, 3.8) is 0 Å². The monoisotopic (exact) mass is 388 g/mol. The van der Waals surface area contributed by atoms with Crippen LogP contribution in [0.25, 0.3) is 0 Å². The van der Waals surface area contributed by atoms with E-state index in [-0.39, 0.29) is 11.8 Å². The molecule has 0 radical (unpaired) electrons. The number of aromatic nitrogens is 1. The van der Waals surface area contributed by atoms with Gasteiger partial charge in [0.2, 0.25) is 0 Å². The molecule has 0 bridgehead atoms. The first-order chi connectivity index (χ1) is 13.5. The Morgan fingerprint density at radius 3 is 2.36 bits per heavy atom. The Bertz CT molecular complexity index is 803. The van der Waals surface area contributed by atoms with E-state index in [0.29, 0.717) is 18.4 Å². The van der Waals surface area contributed by atoms with E-state index in [1.807, 2.05) is 24.3 Å². The van der Waals surface area contributed by atoms with Gasteiger partial charge in [0, 0.05) is 19.6 Å². The Morgan fingerprint density at radius 2 is 1.75 bits per heavy atom. The SMILES string of the molecule is COc1ccc(O[C@@H]2C[C@@H]3CN(CC(O)c4ccc(O)c(F)n4)C[C@@H]3C2)cc1. The number of hydrogen-bond acceptors (Lipinski definition) is 6. The van der Waals surface area contributed by atoms with Crippen LogP contribution in [0.3, 0.4) is 0 Å². The highest BCUT2D eigenvalue weighted by atomic mass is 19.1. The number of aromatic hydroxyl groups is 1. The lowest BCUT2D eigenvalue weighted by atomic mass is 10.0. The molecule has 4 rings (SSSR count). The summed E-state index contributed by atoms with van der Waals surface area (Å²) < 4.78 is 24.7. The number of β-amino-alcohol motifs (C(OH)–C–C–N with tert-alkyl or cyclic N) is 1. The van der Waals surface area contributed by atoms with Crippen molar-refractivity contribution < 1.29 is 24.1 Å². The number of rotatable bonds is 6. The maximum absolute atomic E-state index is 13.4. The summed E-state index contributed by atoms with van der Waals surface area (Å²) in [5.41, 5.74) is 0.244. The smallest absolute Gasteiger partial charge is 0.255 e. The molecule has 2 N–H and O–H groups in total. The first-order valence-corrected chi connectivity index (χ1v) is 9.58. The van der Waals surface area contributed by atoms with Gasteiger partial charge in [-0.05, 0) is 61.1 Å². The zero-order valence-electron chi connectivity index (χ0n) is 15.8. The molecule has 6 nitrogen and oxygen atoms in total. The number of hydrogen-bond donors (Lipinski definition) is 2. The normalized spacial score (nSPS) is 25.5. The van der Waals surface area contributed by atoms with Crippen molar-refractivity contribution in [2.24, 2.45) is 11.8 Å². The minimum absolute atomic E-state index is 0.211. The largest absolute Gasteiger partial charge is 0.504 e. The molecule has 0 amide bonds. The number of benzene rings is 1. The Labute approximate surface area is 163 Å². The standard InChI is InChI=1S/C21H25FN2O4/c1-27-15-2-4-16(5-3-15)28-17-8-13-10-24(11-14(13)9-17)12-20(26)18-6-7-19(25)21(22)23-18/h2-7,13-14,17,20,25-26H,8-12H2,1H3/t13-,14+,17-,20?. The predicted molar refractivity (Wildman–Crippen MR) is 101 cm³/mol. The van der Waals surface area contributed by atoms with Crippen LogP contribution in [-0.2, 0) is 0 Å². The van der Waals surface area contributed by atoms with E-state index < -0.39 is 17.8 Å². The van der Waals surface area contributed by atoms with Crippen molar-refractivity contribution >= 4 is 0 Å². The lowest BCUT2D eigenvalue weighted by Gasteiger charge is -2.22. The van der Waals surface area contributed by atoms with Crippen molar-refractivity contribution in [1.29, 1.82) is 0 Å². The van der Waals surface area contributed by atoms with Crippen LogP contribution in [-0.4, -0.2) is 52.9 Å². The summed E-state index contributed by atoms with van der Waals surface area (Å²) in [6, 6.07) is 10.3. The molecule has 150 valence electrons. The van der Waals surface area contributed by atoms with Gasteiger partial charge in [-0.2, -0.15) is 4.39 Å². The van der Waals surface area contributed by atoms with Crippen LogP contribution in [0.2, 0.25) is 0 Å². The molecule has 7 heteroatoms. The fraction of sp³-hybridized carbons (Fsp3) is 0.476. The highest BCUT2D eigenvalue weighted by Gasteiger charge is 2.42. The quantitative estimate of drug-likeness (QED) is 0.742. The van der Waals surface area contributed by atoms with Crippen LogP contribution < -0.4 is 9.47 Å². The van der Waals surface area contributed by atoms with E-state index in [0.717, 1.165) is 37.4 Å². The van der Waals surface area contributed by atoms with Gasteiger partial charge in [-0.3, -0.25) is 4.90 Å². The molecule has 1 saturated carbocycles. The predicted octanol–water partition coefficient (Wildman–Crippen LogP) is 2.76. The maximum atomic E-state index is 13.4. The first kappa shape index (κ1) is 19.0. The van der Waals surface area contributed by atoms with E-state index in [9.17, 15) is 14.6 Å². The molecule has 28 heavy (non-hydrogen) atoms. The summed E-state index contributed by atoms with van der Waals surface area (Å²) in [5, 5.41) is 19.6. The maximum Gasteiger partial charge on any atom is 0.255 e.